The van der Waals surface area contributed by atoms with Crippen molar-refractivity contribution in [1.29, 1.82) is 0 Å². The van der Waals surface area contributed by atoms with E-state index in [1.54, 1.807) is 46.9 Å². The van der Waals surface area contributed by atoms with Gasteiger partial charge in [-0.1, -0.05) is 0 Å². The summed E-state index contributed by atoms with van der Waals surface area (Å²) in [5, 5.41) is 5.58. The van der Waals surface area contributed by atoms with Crippen LogP contribution in [0.4, 0.5) is 16.2 Å². The number of hydrogen-bond acceptors (Lipinski definition) is 6. The molecule has 34 heavy (non-hydrogen) atoms. The molecule has 1 aromatic carbocycles. The van der Waals surface area contributed by atoms with Crippen LogP contribution in [0.1, 0.15) is 28.5 Å². The number of amides is 3. The van der Waals surface area contributed by atoms with E-state index in [9.17, 15) is 14.4 Å². The quantitative estimate of drug-likeness (QED) is 0.618. The Kier molecular flexibility index (Phi) is 5.70. The summed E-state index contributed by atoms with van der Waals surface area (Å²) in [7, 11) is 1.60. The normalized spacial score (nSPS) is 18.6. The summed E-state index contributed by atoms with van der Waals surface area (Å²) in [4.78, 5) is 48.1. The lowest BCUT2D eigenvalue weighted by Gasteiger charge is -2.42. The highest BCUT2D eigenvalue weighted by atomic mass is 16.5. The first-order valence-electron chi connectivity index (χ1n) is 11.0. The molecule has 0 unspecified atom stereocenters. The van der Waals surface area contributed by atoms with Gasteiger partial charge in [0.1, 0.15) is 17.1 Å². The van der Waals surface area contributed by atoms with Crippen LogP contribution >= 0.6 is 0 Å². The molecule has 0 spiro atoms. The minimum absolute atomic E-state index is 0.0477. The summed E-state index contributed by atoms with van der Waals surface area (Å²) >= 11 is 0. The molecule has 2 bridgehead atoms. The number of rotatable bonds is 4. The van der Waals surface area contributed by atoms with Gasteiger partial charge >= 0.3 is 6.03 Å². The number of fused-ring (bicyclic) bond motifs is 4. The molecule has 3 amide bonds. The van der Waals surface area contributed by atoms with Crippen LogP contribution in [0.25, 0.3) is 0 Å². The van der Waals surface area contributed by atoms with Gasteiger partial charge in [0.25, 0.3) is 11.5 Å². The number of carbonyl (C=O) groups is 2. The second-order valence-electron chi connectivity index (χ2n) is 8.49. The van der Waals surface area contributed by atoms with Crippen molar-refractivity contribution in [3.63, 3.8) is 0 Å². The summed E-state index contributed by atoms with van der Waals surface area (Å²) in [6.07, 6.45) is 5.16. The highest BCUT2D eigenvalue weighted by Gasteiger charge is 2.36. The first-order valence-corrected chi connectivity index (χ1v) is 11.0. The van der Waals surface area contributed by atoms with Gasteiger partial charge < -0.3 is 24.8 Å². The van der Waals surface area contributed by atoms with E-state index in [0.717, 1.165) is 17.9 Å². The molecule has 10 heteroatoms. The van der Waals surface area contributed by atoms with Crippen LogP contribution < -0.4 is 20.9 Å². The number of urea groups is 1. The SMILES string of the molecule is COc1ccc(NC(=O)N2C[C@@H]3C[C@H](C2)c2ccc(NC(=O)c4cnccn4)c(=O)n2C3)cc1. The number of nitrogens with one attached hydrogen (secondary N) is 2. The van der Waals surface area contributed by atoms with E-state index in [1.807, 2.05) is 6.07 Å². The number of anilines is 2. The van der Waals surface area contributed by atoms with Crippen molar-refractivity contribution in [2.45, 2.75) is 18.9 Å². The Balaban J connectivity index is 1.31. The summed E-state index contributed by atoms with van der Waals surface area (Å²) in [6, 6.07) is 10.5. The molecule has 2 aliphatic heterocycles. The number of hydrogen-bond donors (Lipinski definition) is 2. The molecule has 2 atom stereocenters. The maximum Gasteiger partial charge on any atom is 0.321 e. The topological polar surface area (TPSA) is 118 Å². The molecule has 3 aromatic rings. The van der Waals surface area contributed by atoms with E-state index in [0.29, 0.717) is 25.3 Å². The minimum atomic E-state index is -0.483. The number of nitrogens with zero attached hydrogens (tertiary/aromatic N) is 4. The lowest BCUT2D eigenvalue weighted by atomic mass is 9.83. The van der Waals surface area contributed by atoms with Crippen LogP contribution in [0.2, 0.25) is 0 Å². The van der Waals surface area contributed by atoms with Crippen molar-refractivity contribution >= 4 is 23.3 Å². The van der Waals surface area contributed by atoms with Gasteiger partial charge in [-0.05, 0) is 48.7 Å². The Morgan fingerprint density at radius 3 is 2.59 bits per heavy atom. The lowest BCUT2D eigenvalue weighted by Crippen LogP contribution is -2.50. The zero-order chi connectivity index (χ0) is 23.7. The highest BCUT2D eigenvalue weighted by molar-refractivity contribution is 6.02. The van der Waals surface area contributed by atoms with Crippen LogP contribution in [-0.4, -0.2) is 51.6 Å². The monoisotopic (exact) mass is 460 g/mol. The summed E-state index contributed by atoms with van der Waals surface area (Å²) in [6.45, 7) is 1.57. The molecule has 2 N–H and O–H groups in total. The van der Waals surface area contributed by atoms with Crippen LogP contribution in [0.5, 0.6) is 5.75 Å². The van der Waals surface area contributed by atoms with Crippen LogP contribution in [0.3, 0.4) is 0 Å². The zero-order valence-corrected chi connectivity index (χ0v) is 18.6. The van der Waals surface area contributed by atoms with E-state index in [2.05, 4.69) is 20.6 Å². The average molecular weight is 460 g/mol. The Morgan fingerprint density at radius 1 is 1.03 bits per heavy atom. The van der Waals surface area contributed by atoms with E-state index in [1.165, 1.54) is 18.6 Å². The Bertz CT molecular complexity index is 1270. The Labute approximate surface area is 195 Å². The summed E-state index contributed by atoms with van der Waals surface area (Å²) in [5.41, 5.74) is 1.66. The summed E-state index contributed by atoms with van der Waals surface area (Å²) in [5.74, 6) is 0.436. The van der Waals surface area contributed by atoms with E-state index >= 15 is 0 Å². The smallest absolute Gasteiger partial charge is 0.321 e. The van der Waals surface area contributed by atoms with Crippen molar-refractivity contribution in [1.82, 2.24) is 19.4 Å². The molecule has 2 aliphatic rings. The highest BCUT2D eigenvalue weighted by Crippen LogP contribution is 2.35. The fourth-order valence-electron chi connectivity index (χ4n) is 4.69. The van der Waals surface area contributed by atoms with E-state index in [4.69, 9.17) is 4.74 Å². The number of likely N-dealkylation sites (tertiary alicyclic amines) is 1. The van der Waals surface area contributed by atoms with Gasteiger partial charge in [0.2, 0.25) is 0 Å². The summed E-state index contributed by atoms with van der Waals surface area (Å²) < 4.78 is 6.88. The molecule has 0 aliphatic carbocycles. The molecule has 0 saturated carbocycles. The molecular weight excluding hydrogens is 436 g/mol. The van der Waals surface area contributed by atoms with Crippen LogP contribution in [0, 0.1) is 5.92 Å². The van der Waals surface area contributed by atoms with Gasteiger partial charge in [0.15, 0.2) is 0 Å². The van der Waals surface area contributed by atoms with Crippen molar-refractivity contribution in [2.24, 2.45) is 5.92 Å². The predicted molar refractivity (Wildman–Crippen MR) is 125 cm³/mol. The number of benzene rings is 1. The third kappa shape index (κ3) is 4.21. The van der Waals surface area contributed by atoms with Gasteiger partial charge in [-0.25, -0.2) is 9.78 Å². The van der Waals surface area contributed by atoms with Gasteiger partial charge in [-0.3, -0.25) is 14.6 Å². The number of piperidine rings is 1. The van der Waals surface area contributed by atoms with Crippen molar-refractivity contribution in [3.8, 4) is 5.75 Å². The molecule has 0 radical (unpaired) electrons. The average Bonchev–Trinajstić information content (AvgIpc) is 2.87. The van der Waals surface area contributed by atoms with Gasteiger partial charge in [0.05, 0.1) is 13.3 Å². The lowest BCUT2D eigenvalue weighted by molar-refractivity contribution is 0.102. The Morgan fingerprint density at radius 2 is 1.85 bits per heavy atom. The zero-order valence-electron chi connectivity index (χ0n) is 18.6. The fourth-order valence-corrected chi connectivity index (χ4v) is 4.69. The molecule has 1 fully saturated rings. The van der Waals surface area contributed by atoms with Crippen LogP contribution in [0.15, 0.2) is 59.8 Å². The predicted octanol–water partition coefficient (Wildman–Crippen LogP) is 2.55. The number of methoxy groups -OCH3 is 1. The first-order chi connectivity index (χ1) is 16.5. The first kappa shape index (κ1) is 21.6. The molecule has 10 nitrogen and oxygen atoms in total. The number of carbonyl (C=O) groups excluding carboxylic acids is 2. The van der Waals surface area contributed by atoms with Gasteiger partial charge in [-0.2, -0.15) is 0 Å². The van der Waals surface area contributed by atoms with Crippen LogP contribution in [-0.2, 0) is 6.54 Å². The molecule has 5 rings (SSSR count). The molecular formula is C24H24N6O4. The molecule has 174 valence electrons. The van der Waals surface area contributed by atoms with Crippen molar-refractivity contribution in [2.75, 3.05) is 30.8 Å². The number of aromatic nitrogens is 3. The second-order valence-corrected chi connectivity index (χ2v) is 8.49. The largest absolute Gasteiger partial charge is 0.497 e. The van der Waals surface area contributed by atoms with Gasteiger partial charge in [-0.15, -0.1) is 0 Å². The second kappa shape index (κ2) is 8.97. The molecule has 1 saturated heterocycles. The van der Waals surface area contributed by atoms with E-state index < -0.39 is 5.91 Å². The van der Waals surface area contributed by atoms with Crippen molar-refractivity contribution in [3.05, 3.63) is 76.7 Å². The maximum absolute atomic E-state index is 13.1. The molecule has 2 aromatic heterocycles. The fraction of sp³-hybridized carbons (Fsp3) is 0.292. The van der Waals surface area contributed by atoms with Crippen molar-refractivity contribution < 1.29 is 14.3 Å². The number of ether oxygens (including phenoxy) is 1. The standard InChI is InChI=1S/C24H24N6O4/c1-34-18-4-2-17(3-5-18)27-24(33)29-12-15-10-16(14-29)21-7-6-19(23(32)30(21)13-15)28-22(31)20-11-25-8-9-26-20/h2-9,11,15-16H,10,12-14H2,1H3,(H,27,33)(H,28,31)/t15-,16+/m0/s1. The third-order valence-corrected chi connectivity index (χ3v) is 6.28. The van der Waals surface area contributed by atoms with Gasteiger partial charge in [0, 0.05) is 49.3 Å². The third-order valence-electron chi connectivity index (χ3n) is 6.28. The minimum Gasteiger partial charge on any atom is -0.497 e. The molecule has 4 heterocycles. The number of pyridine rings is 1. The maximum atomic E-state index is 13.1. The van der Waals surface area contributed by atoms with E-state index in [-0.39, 0.29) is 34.8 Å². The Hall–Kier alpha value is -4.21.